The molecule has 5 nitrogen and oxygen atoms in total. The molecule has 1 aliphatic rings. The minimum Gasteiger partial charge on any atom is -0.367 e. The van der Waals surface area contributed by atoms with Gasteiger partial charge in [-0.2, -0.15) is 11.3 Å². The minimum absolute atomic E-state index is 0.0210. The van der Waals surface area contributed by atoms with Crippen molar-refractivity contribution >= 4 is 17.2 Å². The van der Waals surface area contributed by atoms with Gasteiger partial charge in [0, 0.05) is 18.8 Å². The van der Waals surface area contributed by atoms with E-state index in [0.29, 0.717) is 13.1 Å². The normalized spacial score (nSPS) is 21.4. The van der Waals surface area contributed by atoms with Crippen molar-refractivity contribution in [2.45, 2.75) is 32.6 Å². The SMILES string of the molecule is Cc1ccn(CC(=O)N2C[C@@H](c3ccsc3)O[C@@H](C)C2)c(=O)c1. The summed E-state index contributed by atoms with van der Waals surface area (Å²) < 4.78 is 7.40. The first-order valence-electron chi connectivity index (χ1n) is 7.65. The summed E-state index contributed by atoms with van der Waals surface area (Å²) in [7, 11) is 0. The molecule has 0 saturated carbocycles. The number of ether oxygens (including phenoxy) is 1. The zero-order valence-corrected chi connectivity index (χ0v) is 14.1. The van der Waals surface area contributed by atoms with Gasteiger partial charge in [0.1, 0.15) is 12.6 Å². The van der Waals surface area contributed by atoms with Crippen LogP contribution in [-0.2, 0) is 16.1 Å². The monoisotopic (exact) mass is 332 g/mol. The zero-order valence-electron chi connectivity index (χ0n) is 13.3. The van der Waals surface area contributed by atoms with Crippen LogP contribution in [-0.4, -0.2) is 34.6 Å². The van der Waals surface area contributed by atoms with Gasteiger partial charge in [0.05, 0.1) is 12.6 Å². The third-order valence-electron chi connectivity index (χ3n) is 3.99. The van der Waals surface area contributed by atoms with Crippen LogP contribution in [0, 0.1) is 6.92 Å². The Bertz CT molecular complexity index is 739. The predicted molar refractivity (Wildman–Crippen MR) is 89.6 cm³/mol. The van der Waals surface area contributed by atoms with E-state index in [4.69, 9.17) is 4.74 Å². The highest BCUT2D eigenvalue weighted by atomic mass is 32.1. The lowest BCUT2D eigenvalue weighted by Crippen LogP contribution is -2.47. The fourth-order valence-corrected chi connectivity index (χ4v) is 3.48. The van der Waals surface area contributed by atoms with Crippen LogP contribution in [0.15, 0.2) is 40.0 Å². The smallest absolute Gasteiger partial charge is 0.251 e. The predicted octanol–water partition coefficient (Wildman–Crippen LogP) is 2.21. The number of aromatic nitrogens is 1. The van der Waals surface area contributed by atoms with Crippen LogP contribution in [0.25, 0.3) is 0 Å². The van der Waals surface area contributed by atoms with Crippen molar-refractivity contribution in [1.29, 1.82) is 0 Å². The number of aryl methyl sites for hydroxylation is 1. The first kappa shape index (κ1) is 16.0. The quantitative estimate of drug-likeness (QED) is 0.866. The molecule has 1 saturated heterocycles. The highest BCUT2D eigenvalue weighted by Crippen LogP contribution is 2.26. The second-order valence-corrected chi connectivity index (χ2v) is 6.74. The molecule has 0 aromatic carbocycles. The fraction of sp³-hybridized carbons (Fsp3) is 0.412. The van der Waals surface area contributed by atoms with E-state index in [0.717, 1.165) is 11.1 Å². The van der Waals surface area contributed by atoms with Crippen molar-refractivity contribution in [3.05, 3.63) is 56.6 Å². The van der Waals surface area contributed by atoms with E-state index in [2.05, 4.69) is 5.38 Å². The highest BCUT2D eigenvalue weighted by molar-refractivity contribution is 7.07. The Hall–Kier alpha value is -1.92. The first-order chi connectivity index (χ1) is 11.0. The molecule has 1 aliphatic heterocycles. The Morgan fingerprint density at radius 1 is 1.39 bits per heavy atom. The molecule has 0 aliphatic carbocycles. The van der Waals surface area contributed by atoms with Gasteiger partial charge in [-0.25, -0.2) is 0 Å². The topological polar surface area (TPSA) is 51.5 Å². The summed E-state index contributed by atoms with van der Waals surface area (Å²) in [6, 6.07) is 5.41. The van der Waals surface area contributed by atoms with Gasteiger partial charge in [-0.15, -0.1) is 0 Å². The lowest BCUT2D eigenvalue weighted by atomic mass is 10.1. The molecule has 2 atom stereocenters. The molecule has 6 heteroatoms. The molecule has 0 N–H and O–H groups in total. The van der Waals surface area contributed by atoms with Crippen LogP contribution < -0.4 is 5.56 Å². The second kappa shape index (κ2) is 6.68. The molecule has 0 spiro atoms. The molecule has 0 unspecified atom stereocenters. The van der Waals surface area contributed by atoms with Gasteiger partial charge < -0.3 is 14.2 Å². The maximum Gasteiger partial charge on any atom is 0.251 e. The molecule has 3 heterocycles. The molecule has 122 valence electrons. The van der Waals surface area contributed by atoms with Gasteiger partial charge in [-0.1, -0.05) is 0 Å². The molecular weight excluding hydrogens is 312 g/mol. The van der Waals surface area contributed by atoms with Crippen LogP contribution in [0.4, 0.5) is 0 Å². The Kier molecular flexibility index (Phi) is 4.63. The fourth-order valence-electron chi connectivity index (χ4n) is 2.78. The van der Waals surface area contributed by atoms with Gasteiger partial charge in [0.25, 0.3) is 5.56 Å². The number of morpholine rings is 1. The number of amides is 1. The summed E-state index contributed by atoms with van der Waals surface area (Å²) in [5, 5.41) is 4.06. The molecular formula is C17H20N2O3S. The van der Waals surface area contributed by atoms with Crippen molar-refractivity contribution in [2.75, 3.05) is 13.1 Å². The van der Waals surface area contributed by atoms with Crippen LogP contribution in [0.1, 0.15) is 24.2 Å². The summed E-state index contributed by atoms with van der Waals surface area (Å²) in [6.45, 7) is 4.99. The maximum atomic E-state index is 12.6. The number of carbonyl (C=O) groups excluding carboxylic acids is 1. The lowest BCUT2D eigenvalue weighted by Gasteiger charge is -2.36. The molecule has 23 heavy (non-hydrogen) atoms. The number of hydrogen-bond donors (Lipinski definition) is 0. The average Bonchev–Trinajstić information content (AvgIpc) is 3.04. The van der Waals surface area contributed by atoms with E-state index in [1.165, 1.54) is 4.57 Å². The van der Waals surface area contributed by atoms with Gasteiger partial charge in [-0.05, 0) is 47.9 Å². The van der Waals surface area contributed by atoms with Gasteiger partial charge in [-0.3, -0.25) is 9.59 Å². The number of thiophene rings is 1. The summed E-state index contributed by atoms with van der Waals surface area (Å²) in [4.78, 5) is 26.3. The summed E-state index contributed by atoms with van der Waals surface area (Å²) in [5.41, 5.74) is 1.86. The van der Waals surface area contributed by atoms with E-state index >= 15 is 0 Å². The first-order valence-corrected chi connectivity index (χ1v) is 8.59. The van der Waals surface area contributed by atoms with Crippen molar-refractivity contribution in [3.8, 4) is 0 Å². The molecule has 2 aromatic rings. The number of pyridine rings is 1. The van der Waals surface area contributed by atoms with Crippen molar-refractivity contribution < 1.29 is 9.53 Å². The van der Waals surface area contributed by atoms with Gasteiger partial charge in [0.15, 0.2) is 0 Å². The average molecular weight is 332 g/mol. The number of carbonyl (C=O) groups is 1. The Morgan fingerprint density at radius 2 is 2.22 bits per heavy atom. The van der Waals surface area contributed by atoms with E-state index in [-0.39, 0.29) is 30.2 Å². The van der Waals surface area contributed by atoms with E-state index in [1.54, 1.807) is 28.5 Å². The minimum atomic E-state index is -0.144. The van der Waals surface area contributed by atoms with Crippen molar-refractivity contribution in [3.63, 3.8) is 0 Å². The number of nitrogens with zero attached hydrogens (tertiary/aromatic N) is 2. The number of hydrogen-bond acceptors (Lipinski definition) is 4. The molecule has 2 aromatic heterocycles. The van der Waals surface area contributed by atoms with Gasteiger partial charge >= 0.3 is 0 Å². The summed E-state index contributed by atoms with van der Waals surface area (Å²) >= 11 is 1.62. The van der Waals surface area contributed by atoms with Gasteiger partial charge in [0.2, 0.25) is 5.91 Å². The van der Waals surface area contributed by atoms with Crippen LogP contribution in [0.2, 0.25) is 0 Å². The Labute approximate surface area is 139 Å². The van der Waals surface area contributed by atoms with E-state index < -0.39 is 0 Å². The summed E-state index contributed by atoms with van der Waals surface area (Å²) in [6.07, 6.45) is 1.56. The summed E-state index contributed by atoms with van der Waals surface area (Å²) in [5.74, 6) is -0.0497. The lowest BCUT2D eigenvalue weighted by molar-refractivity contribution is -0.145. The third-order valence-corrected chi connectivity index (χ3v) is 4.69. The van der Waals surface area contributed by atoms with Crippen LogP contribution in [0.5, 0.6) is 0 Å². The van der Waals surface area contributed by atoms with Crippen molar-refractivity contribution in [1.82, 2.24) is 9.47 Å². The van der Waals surface area contributed by atoms with Crippen LogP contribution in [0.3, 0.4) is 0 Å². The molecule has 1 fully saturated rings. The zero-order chi connectivity index (χ0) is 16.4. The Morgan fingerprint density at radius 3 is 2.91 bits per heavy atom. The maximum absolute atomic E-state index is 12.6. The molecule has 3 rings (SSSR count). The standard InChI is InChI=1S/C17H20N2O3S/c1-12-3-5-18(16(20)7-12)10-17(21)19-8-13(2)22-15(9-19)14-4-6-23-11-14/h3-7,11,13,15H,8-10H2,1-2H3/t13-,15-/m0/s1. The van der Waals surface area contributed by atoms with E-state index in [9.17, 15) is 9.59 Å². The van der Waals surface area contributed by atoms with Crippen molar-refractivity contribution in [2.24, 2.45) is 0 Å². The molecule has 0 radical (unpaired) electrons. The molecule has 0 bridgehead atoms. The van der Waals surface area contributed by atoms with E-state index in [1.807, 2.05) is 31.4 Å². The number of rotatable bonds is 3. The Balaban J connectivity index is 1.72. The molecule has 1 amide bonds. The third kappa shape index (κ3) is 3.71. The van der Waals surface area contributed by atoms with Crippen LogP contribution >= 0.6 is 11.3 Å². The largest absolute Gasteiger partial charge is 0.367 e. The highest BCUT2D eigenvalue weighted by Gasteiger charge is 2.29. The second-order valence-electron chi connectivity index (χ2n) is 5.96.